The topological polar surface area (TPSA) is 72.5 Å². The molecule has 1 N–H and O–H groups in total. The zero-order chi connectivity index (χ0) is 17.9. The fraction of sp³-hybridized carbons (Fsp3) is 0.167. The second-order valence-corrected chi connectivity index (χ2v) is 6.18. The molecule has 2 rings (SSSR count). The van der Waals surface area contributed by atoms with E-state index in [1.807, 2.05) is 6.92 Å². The maximum absolute atomic E-state index is 12.5. The average molecular weight is 390 g/mol. The van der Waals surface area contributed by atoms with Crippen LogP contribution in [0.3, 0.4) is 0 Å². The van der Waals surface area contributed by atoms with Gasteiger partial charge < -0.3 is 10.1 Å². The van der Waals surface area contributed by atoms with Gasteiger partial charge in [-0.1, -0.05) is 28.1 Å². The SMILES string of the molecule is COC(=O)c1cc(Br)cc(C(=O)Nc2cc(C(C)=O)ccc2C)c1. The van der Waals surface area contributed by atoms with Gasteiger partial charge in [0, 0.05) is 21.3 Å². The van der Waals surface area contributed by atoms with E-state index in [9.17, 15) is 14.4 Å². The molecule has 0 aliphatic rings. The Bertz CT molecular complexity index is 830. The van der Waals surface area contributed by atoms with Crippen molar-refractivity contribution in [2.24, 2.45) is 0 Å². The van der Waals surface area contributed by atoms with Crippen molar-refractivity contribution in [3.63, 3.8) is 0 Å². The fourth-order valence-electron chi connectivity index (χ4n) is 2.13. The highest BCUT2D eigenvalue weighted by molar-refractivity contribution is 9.10. The van der Waals surface area contributed by atoms with E-state index >= 15 is 0 Å². The zero-order valence-electron chi connectivity index (χ0n) is 13.5. The van der Waals surface area contributed by atoms with Gasteiger partial charge in [0.1, 0.15) is 0 Å². The van der Waals surface area contributed by atoms with E-state index in [0.717, 1.165) is 5.56 Å². The molecule has 24 heavy (non-hydrogen) atoms. The van der Waals surface area contributed by atoms with Crippen molar-refractivity contribution >= 4 is 39.3 Å². The number of rotatable bonds is 4. The zero-order valence-corrected chi connectivity index (χ0v) is 15.1. The average Bonchev–Trinajstić information content (AvgIpc) is 2.55. The second-order valence-electron chi connectivity index (χ2n) is 5.26. The first-order chi connectivity index (χ1) is 11.3. The van der Waals surface area contributed by atoms with Crippen LogP contribution in [-0.2, 0) is 4.74 Å². The van der Waals surface area contributed by atoms with Crippen LogP contribution >= 0.6 is 15.9 Å². The molecule has 1 amide bonds. The molecular formula is C18H16BrNO4. The number of methoxy groups -OCH3 is 1. The summed E-state index contributed by atoms with van der Waals surface area (Å²) in [6, 6.07) is 9.75. The van der Waals surface area contributed by atoms with Crippen LogP contribution < -0.4 is 5.32 Å². The number of hydrogen-bond acceptors (Lipinski definition) is 4. The standard InChI is InChI=1S/C18H16BrNO4/c1-10-4-5-12(11(2)21)9-16(10)20-17(22)13-6-14(18(23)24-3)8-15(19)7-13/h4-9H,1-3H3,(H,20,22). The van der Waals surface area contributed by atoms with Crippen molar-refractivity contribution in [1.82, 2.24) is 0 Å². The number of nitrogens with one attached hydrogen (secondary N) is 1. The van der Waals surface area contributed by atoms with Crippen LogP contribution in [0, 0.1) is 6.92 Å². The van der Waals surface area contributed by atoms with Crippen LogP contribution in [-0.4, -0.2) is 24.8 Å². The minimum Gasteiger partial charge on any atom is -0.465 e. The number of aryl methyl sites for hydroxylation is 1. The third-order valence-electron chi connectivity index (χ3n) is 3.47. The van der Waals surface area contributed by atoms with Gasteiger partial charge in [-0.15, -0.1) is 0 Å². The van der Waals surface area contributed by atoms with E-state index in [1.165, 1.54) is 20.1 Å². The number of anilines is 1. The van der Waals surface area contributed by atoms with E-state index in [0.29, 0.717) is 21.3 Å². The molecule has 5 nitrogen and oxygen atoms in total. The van der Waals surface area contributed by atoms with Gasteiger partial charge in [-0.25, -0.2) is 4.79 Å². The molecule has 0 aliphatic heterocycles. The quantitative estimate of drug-likeness (QED) is 0.633. The molecule has 0 bridgehead atoms. The Kier molecular flexibility index (Phi) is 5.51. The van der Waals surface area contributed by atoms with Crippen LogP contribution in [0.25, 0.3) is 0 Å². The molecule has 0 aromatic heterocycles. The summed E-state index contributed by atoms with van der Waals surface area (Å²) >= 11 is 3.28. The van der Waals surface area contributed by atoms with Gasteiger partial charge in [-0.05, 0) is 43.7 Å². The van der Waals surface area contributed by atoms with E-state index in [1.54, 1.807) is 30.3 Å². The minimum atomic E-state index is -0.528. The second kappa shape index (κ2) is 7.40. The monoisotopic (exact) mass is 389 g/mol. The third kappa shape index (κ3) is 4.08. The van der Waals surface area contributed by atoms with Gasteiger partial charge >= 0.3 is 5.97 Å². The molecule has 0 saturated heterocycles. The lowest BCUT2D eigenvalue weighted by Gasteiger charge is -2.11. The Morgan fingerprint density at radius 2 is 1.67 bits per heavy atom. The highest BCUT2D eigenvalue weighted by Crippen LogP contribution is 2.21. The number of esters is 1. The molecule has 124 valence electrons. The Morgan fingerprint density at radius 3 is 2.29 bits per heavy atom. The van der Waals surface area contributed by atoms with E-state index in [-0.39, 0.29) is 17.3 Å². The van der Waals surface area contributed by atoms with Crippen LogP contribution in [0.15, 0.2) is 40.9 Å². The summed E-state index contributed by atoms with van der Waals surface area (Å²) in [5, 5.41) is 2.77. The predicted octanol–water partition coefficient (Wildman–Crippen LogP) is 4.00. The maximum atomic E-state index is 12.5. The molecule has 2 aromatic rings. The number of amides is 1. The van der Waals surface area contributed by atoms with Crippen LogP contribution in [0.2, 0.25) is 0 Å². The Hall–Kier alpha value is -2.47. The lowest BCUT2D eigenvalue weighted by Crippen LogP contribution is -2.14. The van der Waals surface area contributed by atoms with Crippen molar-refractivity contribution < 1.29 is 19.1 Å². The van der Waals surface area contributed by atoms with E-state index in [4.69, 9.17) is 0 Å². The number of hydrogen-bond donors (Lipinski definition) is 1. The number of Topliss-reactive ketones (excluding diaryl/α,β-unsaturated/α-hetero) is 1. The highest BCUT2D eigenvalue weighted by atomic mass is 79.9. The highest BCUT2D eigenvalue weighted by Gasteiger charge is 2.14. The summed E-state index contributed by atoms with van der Waals surface area (Å²) in [5.74, 6) is -0.994. The molecule has 0 unspecified atom stereocenters. The molecule has 0 saturated carbocycles. The maximum Gasteiger partial charge on any atom is 0.337 e. The van der Waals surface area contributed by atoms with Crippen molar-refractivity contribution in [3.05, 3.63) is 63.1 Å². The largest absolute Gasteiger partial charge is 0.465 e. The fourth-order valence-corrected chi connectivity index (χ4v) is 2.62. The third-order valence-corrected chi connectivity index (χ3v) is 3.93. The van der Waals surface area contributed by atoms with Gasteiger partial charge in [0.15, 0.2) is 5.78 Å². The molecule has 0 atom stereocenters. The molecule has 6 heteroatoms. The molecular weight excluding hydrogens is 374 g/mol. The van der Waals surface area contributed by atoms with Crippen LogP contribution in [0.1, 0.15) is 43.6 Å². The summed E-state index contributed by atoms with van der Waals surface area (Å²) < 4.78 is 5.26. The first-order valence-electron chi connectivity index (χ1n) is 7.13. The van der Waals surface area contributed by atoms with Crippen LogP contribution in [0.5, 0.6) is 0 Å². The van der Waals surface area contributed by atoms with Crippen molar-refractivity contribution in [2.75, 3.05) is 12.4 Å². The normalized spacial score (nSPS) is 10.2. The van der Waals surface area contributed by atoms with E-state index in [2.05, 4.69) is 26.0 Å². The lowest BCUT2D eigenvalue weighted by atomic mass is 10.1. The van der Waals surface area contributed by atoms with Gasteiger partial charge in [-0.3, -0.25) is 9.59 Å². The molecule has 0 spiro atoms. The van der Waals surface area contributed by atoms with Crippen molar-refractivity contribution in [2.45, 2.75) is 13.8 Å². The number of carbonyl (C=O) groups excluding carboxylic acids is 3. The Morgan fingerprint density at radius 1 is 1.00 bits per heavy atom. The first-order valence-corrected chi connectivity index (χ1v) is 7.93. The summed E-state index contributed by atoms with van der Waals surface area (Å²) in [6.07, 6.45) is 0. The number of ether oxygens (including phenoxy) is 1. The van der Waals surface area contributed by atoms with Crippen LogP contribution in [0.4, 0.5) is 5.69 Å². The number of ketones is 1. The van der Waals surface area contributed by atoms with Gasteiger partial charge in [0.2, 0.25) is 0 Å². The van der Waals surface area contributed by atoms with Gasteiger partial charge in [0.05, 0.1) is 12.7 Å². The molecule has 0 heterocycles. The van der Waals surface area contributed by atoms with Crippen molar-refractivity contribution in [1.29, 1.82) is 0 Å². The number of carbonyl (C=O) groups is 3. The molecule has 0 fully saturated rings. The van der Waals surface area contributed by atoms with Gasteiger partial charge in [0.25, 0.3) is 5.91 Å². The molecule has 2 aromatic carbocycles. The Balaban J connectivity index is 2.34. The summed E-state index contributed by atoms with van der Waals surface area (Å²) in [5.41, 5.74) is 2.47. The summed E-state index contributed by atoms with van der Waals surface area (Å²) in [7, 11) is 1.28. The van der Waals surface area contributed by atoms with Crippen molar-refractivity contribution in [3.8, 4) is 0 Å². The molecule has 0 aliphatic carbocycles. The summed E-state index contributed by atoms with van der Waals surface area (Å²) in [4.78, 5) is 35.6. The predicted molar refractivity (Wildman–Crippen MR) is 94.6 cm³/mol. The molecule has 0 radical (unpaired) electrons. The smallest absolute Gasteiger partial charge is 0.337 e. The lowest BCUT2D eigenvalue weighted by molar-refractivity contribution is 0.0600. The summed E-state index contributed by atoms with van der Waals surface area (Å²) in [6.45, 7) is 3.30. The Labute approximate surface area is 148 Å². The number of halogens is 1. The first kappa shape index (κ1) is 17.9. The minimum absolute atomic E-state index is 0.0825. The number of benzene rings is 2. The van der Waals surface area contributed by atoms with E-state index < -0.39 is 5.97 Å². The van der Waals surface area contributed by atoms with Gasteiger partial charge in [-0.2, -0.15) is 0 Å².